The van der Waals surface area contributed by atoms with E-state index in [0.717, 1.165) is 0 Å². The van der Waals surface area contributed by atoms with Crippen molar-refractivity contribution in [1.29, 1.82) is 0 Å². The SMILES string of the molecule is COc1ccc(OC)c(NC(=O)[C@H]2CCCN2S(=O)(=O)c2ccc(Cl)cc2)c1. The van der Waals surface area contributed by atoms with Crippen molar-refractivity contribution < 1.29 is 22.7 Å². The van der Waals surface area contributed by atoms with Crippen molar-refractivity contribution in [2.75, 3.05) is 26.1 Å². The number of hydrogen-bond donors (Lipinski definition) is 1. The van der Waals surface area contributed by atoms with Crippen LogP contribution in [0.25, 0.3) is 0 Å². The minimum Gasteiger partial charge on any atom is -0.497 e. The summed E-state index contributed by atoms with van der Waals surface area (Å²) in [7, 11) is -0.803. The Balaban J connectivity index is 1.85. The number of ether oxygens (including phenoxy) is 2. The topological polar surface area (TPSA) is 84.9 Å². The molecule has 3 rings (SSSR count). The molecule has 1 heterocycles. The maximum Gasteiger partial charge on any atom is 0.243 e. The molecule has 1 atom stereocenters. The summed E-state index contributed by atoms with van der Waals surface area (Å²) in [4.78, 5) is 13.0. The zero-order valence-electron chi connectivity index (χ0n) is 15.5. The van der Waals surface area contributed by atoms with Gasteiger partial charge in [0.1, 0.15) is 17.5 Å². The Hall–Kier alpha value is -2.29. The molecule has 0 saturated carbocycles. The zero-order valence-corrected chi connectivity index (χ0v) is 17.1. The Morgan fingerprint density at radius 3 is 2.50 bits per heavy atom. The third-order valence-electron chi connectivity index (χ3n) is 4.59. The standard InChI is InChI=1S/C19H21ClN2O5S/c1-26-14-7-10-18(27-2)16(12-14)21-19(23)17-4-3-11-22(17)28(24,25)15-8-5-13(20)6-9-15/h5-10,12,17H,3-4,11H2,1-2H3,(H,21,23)/t17-/m1/s1. The van der Waals surface area contributed by atoms with Gasteiger partial charge in [-0.25, -0.2) is 8.42 Å². The first-order chi connectivity index (χ1) is 13.4. The highest BCUT2D eigenvalue weighted by molar-refractivity contribution is 7.89. The van der Waals surface area contributed by atoms with E-state index in [1.54, 1.807) is 18.2 Å². The predicted octanol–water partition coefficient (Wildman–Crippen LogP) is 3.15. The quantitative estimate of drug-likeness (QED) is 0.769. The molecule has 1 aliphatic heterocycles. The van der Waals surface area contributed by atoms with Crippen molar-refractivity contribution in [3.8, 4) is 11.5 Å². The molecule has 0 spiro atoms. The molecule has 2 aromatic carbocycles. The molecule has 1 amide bonds. The number of nitrogens with one attached hydrogen (secondary N) is 1. The monoisotopic (exact) mass is 424 g/mol. The zero-order chi connectivity index (χ0) is 20.3. The fourth-order valence-electron chi connectivity index (χ4n) is 3.16. The number of halogens is 1. The Morgan fingerprint density at radius 1 is 1.14 bits per heavy atom. The molecule has 1 aliphatic rings. The summed E-state index contributed by atoms with van der Waals surface area (Å²) in [6, 6.07) is 10.1. The molecule has 0 aromatic heterocycles. The third-order valence-corrected chi connectivity index (χ3v) is 6.77. The average Bonchev–Trinajstić information content (AvgIpc) is 3.19. The number of nitrogens with zero attached hydrogens (tertiary/aromatic N) is 1. The highest BCUT2D eigenvalue weighted by Gasteiger charge is 2.39. The average molecular weight is 425 g/mol. The first-order valence-electron chi connectivity index (χ1n) is 8.67. The number of amides is 1. The minimum atomic E-state index is -3.81. The van der Waals surface area contributed by atoms with Crippen molar-refractivity contribution in [3.63, 3.8) is 0 Å². The summed E-state index contributed by atoms with van der Waals surface area (Å²) in [5.74, 6) is 0.592. The van der Waals surface area contributed by atoms with Gasteiger partial charge in [-0.1, -0.05) is 11.6 Å². The van der Waals surface area contributed by atoms with E-state index in [-0.39, 0.29) is 11.4 Å². The van der Waals surface area contributed by atoms with Gasteiger partial charge in [-0.2, -0.15) is 4.31 Å². The second-order valence-electron chi connectivity index (χ2n) is 6.28. The van der Waals surface area contributed by atoms with E-state index in [4.69, 9.17) is 21.1 Å². The lowest BCUT2D eigenvalue weighted by Crippen LogP contribution is -2.43. The number of rotatable bonds is 6. The van der Waals surface area contributed by atoms with Gasteiger partial charge in [0.2, 0.25) is 15.9 Å². The molecule has 0 bridgehead atoms. The van der Waals surface area contributed by atoms with Crippen LogP contribution in [0.15, 0.2) is 47.4 Å². The van der Waals surface area contributed by atoms with E-state index in [1.165, 1.54) is 42.8 Å². The maximum atomic E-state index is 13.0. The van der Waals surface area contributed by atoms with Crippen molar-refractivity contribution >= 4 is 33.2 Å². The molecular weight excluding hydrogens is 404 g/mol. The van der Waals surface area contributed by atoms with Crippen LogP contribution < -0.4 is 14.8 Å². The van der Waals surface area contributed by atoms with Crippen LogP contribution in [0.2, 0.25) is 5.02 Å². The van der Waals surface area contributed by atoms with E-state index in [2.05, 4.69) is 5.32 Å². The number of methoxy groups -OCH3 is 2. The lowest BCUT2D eigenvalue weighted by molar-refractivity contribution is -0.119. The van der Waals surface area contributed by atoms with Gasteiger partial charge in [0, 0.05) is 17.6 Å². The molecule has 28 heavy (non-hydrogen) atoms. The summed E-state index contributed by atoms with van der Waals surface area (Å²) >= 11 is 5.85. The van der Waals surface area contributed by atoms with Crippen LogP contribution in [0.4, 0.5) is 5.69 Å². The summed E-state index contributed by atoms with van der Waals surface area (Å²) in [6.07, 6.45) is 1.03. The molecule has 150 valence electrons. The van der Waals surface area contributed by atoms with E-state index in [9.17, 15) is 13.2 Å². The van der Waals surface area contributed by atoms with Crippen molar-refractivity contribution in [1.82, 2.24) is 4.31 Å². The lowest BCUT2D eigenvalue weighted by Gasteiger charge is -2.24. The fourth-order valence-corrected chi connectivity index (χ4v) is 4.94. The predicted molar refractivity (Wildman–Crippen MR) is 107 cm³/mol. The fraction of sp³-hybridized carbons (Fsp3) is 0.316. The summed E-state index contributed by atoms with van der Waals surface area (Å²) in [6.45, 7) is 0.276. The van der Waals surface area contributed by atoms with Crippen LogP contribution in [0.1, 0.15) is 12.8 Å². The van der Waals surface area contributed by atoms with Crippen LogP contribution in [-0.2, 0) is 14.8 Å². The van der Waals surface area contributed by atoms with Gasteiger partial charge in [0.25, 0.3) is 0 Å². The van der Waals surface area contributed by atoms with E-state index in [1.807, 2.05) is 0 Å². The van der Waals surface area contributed by atoms with Gasteiger partial charge in [0.15, 0.2) is 0 Å². The molecule has 1 saturated heterocycles. The van der Waals surface area contributed by atoms with Crippen molar-refractivity contribution in [3.05, 3.63) is 47.5 Å². The van der Waals surface area contributed by atoms with E-state index in [0.29, 0.717) is 35.1 Å². The molecule has 0 radical (unpaired) electrons. The maximum absolute atomic E-state index is 13.0. The van der Waals surface area contributed by atoms with Gasteiger partial charge in [0.05, 0.1) is 24.8 Å². The normalized spacial score (nSPS) is 17.3. The molecule has 0 unspecified atom stereocenters. The molecule has 9 heteroatoms. The molecule has 1 N–H and O–H groups in total. The summed E-state index contributed by atoms with van der Waals surface area (Å²) < 4.78 is 37.7. The molecular formula is C19H21ClN2O5S. The van der Waals surface area contributed by atoms with Gasteiger partial charge < -0.3 is 14.8 Å². The first-order valence-corrected chi connectivity index (χ1v) is 10.5. The Bertz CT molecular complexity index is 963. The lowest BCUT2D eigenvalue weighted by atomic mass is 10.2. The van der Waals surface area contributed by atoms with Gasteiger partial charge in [-0.15, -0.1) is 0 Å². The number of benzene rings is 2. The minimum absolute atomic E-state index is 0.107. The second-order valence-corrected chi connectivity index (χ2v) is 8.61. The molecule has 2 aromatic rings. The van der Waals surface area contributed by atoms with Crippen LogP contribution >= 0.6 is 11.6 Å². The number of anilines is 1. The highest BCUT2D eigenvalue weighted by atomic mass is 35.5. The third kappa shape index (κ3) is 4.09. The van der Waals surface area contributed by atoms with Crippen molar-refractivity contribution in [2.45, 2.75) is 23.8 Å². The first kappa shape index (κ1) is 20.4. The van der Waals surface area contributed by atoms with Crippen molar-refractivity contribution in [2.24, 2.45) is 0 Å². The Morgan fingerprint density at radius 2 is 1.86 bits per heavy atom. The van der Waals surface area contributed by atoms with Crippen LogP contribution in [0.5, 0.6) is 11.5 Å². The van der Waals surface area contributed by atoms with Gasteiger partial charge in [-0.3, -0.25) is 4.79 Å². The molecule has 1 fully saturated rings. The summed E-state index contributed by atoms with van der Waals surface area (Å²) in [5.41, 5.74) is 0.419. The summed E-state index contributed by atoms with van der Waals surface area (Å²) in [5, 5.41) is 3.21. The Labute approximate surface area is 169 Å². The largest absolute Gasteiger partial charge is 0.497 e. The van der Waals surface area contributed by atoms with Gasteiger partial charge in [-0.05, 0) is 49.2 Å². The highest BCUT2D eigenvalue weighted by Crippen LogP contribution is 2.31. The molecule has 7 nitrogen and oxygen atoms in total. The number of hydrogen-bond acceptors (Lipinski definition) is 5. The number of carbonyl (C=O) groups is 1. The van der Waals surface area contributed by atoms with E-state index < -0.39 is 22.0 Å². The number of sulfonamides is 1. The van der Waals surface area contributed by atoms with Crippen LogP contribution in [0, 0.1) is 0 Å². The molecule has 0 aliphatic carbocycles. The number of carbonyl (C=O) groups excluding carboxylic acids is 1. The Kier molecular flexibility index (Phi) is 6.12. The smallest absolute Gasteiger partial charge is 0.243 e. The van der Waals surface area contributed by atoms with E-state index >= 15 is 0 Å². The van der Waals surface area contributed by atoms with Gasteiger partial charge >= 0.3 is 0 Å². The second kappa shape index (κ2) is 8.38. The van der Waals surface area contributed by atoms with Crippen LogP contribution in [0.3, 0.4) is 0 Å². The van der Waals surface area contributed by atoms with Crippen LogP contribution in [-0.4, -0.2) is 45.4 Å².